The van der Waals surface area contributed by atoms with Crippen molar-refractivity contribution in [1.29, 1.82) is 0 Å². The summed E-state index contributed by atoms with van der Waals surface area (Å²) in [4.78, 5) is 30.7. The third-order valence-corrected chi connectivity index (χ3v) is 11.1. The Kier molecular flexibility index (Phi) is 13.6. The Balaban J connectivity index is 1.59. The summed E-state index contributed by atoms with van der Waals surface area (Å²) < 4.78 is 52.1. The van der Waals surface area contributed by atoms with E-state index in [0.717, 1.165) is 47.5 Å². The van der Waals surface area contributed by atoms with Crippen LogP contribution in [0.25, 0.3) is 0 Å². The molecule has 0 bridgehead atoms. The first kappa shape index (κ1) is 39.0. The van der Waals surface area contributed by atoms with E-state index in [9.17, 15) is 18.0 Å². The zero-order valence-electron chi connectivity index (χ0n) is 30.8. The van der Waals surface area contributed by atoms with Crippen molar-refractivity contribution >= 4 is 27.5 Å². The number of benzene rings is 4. The molecule has 0 spiro atoms. The van der Waals surface area contributed by atoms with Crippen LogP contribution in [0.3, 0.4) is 0 Å². The Bertz CT molecular complexity index is 1920. The number of nitrogens with one attached hydrogen (secondary N) is 1. The minimum atomic E-state index is -4.39. The SMILES string of the molecule is CCOc1ccc(N(CC(=O)N(Cc2cccc(OC)c2)C(Cc2ccccc2)C(=O)NC2CCCCC2)S(=O)(=O)c2ccc(OC)c(OC)c2)cc1. The maximum atomic E-state index is 14.9. The monoisotopic (exact) mass is 743 g/mol. The number of carbonyl (C=O) groups is 2. The predicted molar refractivity (Wildman–Crippen MR) is 204 cm³/mol. The highest BCUT2D eigenvalue weighted by molar-refractivity contribution is 7.92. The van der Waals surface area contributed by atoms with Gasteiger partial charge in [0.1, 0.15) is 24.1 Å². The standard InChI is InChI=1S/C41H49N3O8S/c1-5-52-34-21-19-33(20-22-34)44(53(47,48)36-23-24-38(50-3)39(27-36)51-4)29-40(45)43(28-31-15-12-18-35(25-31)49-2)37(26-30-13-8-6-9-14-30)41(46)42-32-16-10-7-11-17-32/h6,8-9,12-15,18-25,27,32,37H,5,7,10-11,16-17,26,28-29H2,1-4H3,(H,42,46). The van der Waals surface area contributed by atoms with Crippen LogP contribution < -0.4 is 28.6 Å². The molecule has 5 rings (SSSR count). The second-order valence-corrected chi connectivity index (χ2v) is 14.7. The Hall–Kier alpha value is -5.23. The second kappa shape index (κ2) is 18.5. The minimum absolute atomic E-state index is 0.00548. The first-order chi connectivity index (χ1) is 25.7. The Morgan fingerprint density at radius 3 is 2.13 bits per heavy atom. The second-order valence-electron chi connectivity index (χ2n) is 12.9. The van der Waals surface area contributed by atoms with Gasteiger partial charge in [0.15, 0.2) is 11.5 Å². The first-order valence-corrected chi connectivity index (χ1v) is 19.3. The number of amides is 2. The van der Waals surface area contributed by atoms with Gasteiger partial charge in [0.25, 0.3) is 10.0 Å². The fourth-order valence-corrected chi connectivity index (χ4v) is 8.00. The Morgan fingerprint density at radius 1 is 0.774 bits per heavy atom. The highest BCUT2D eigenvalue weighted by atomic mass is 32.2. The van der Waals surface area contributed by atoms with Crippen molar-refractivity contribution in [3.63, 3.8) is 0 Å². The highest BCUT2D eigenvalue weighted by Crippen LogP contribution is 2.33. The lowest BCUT2D eigenvalue weighted by molar-refractivity contribution is -0.140. The van der Waals surface area contributed by atoms with Crippen molar-refractivity contribution in [3.8, 4) is 23.0 Å². The molecule has 2 amide bonds. The van der Waals surface area contributed by atoms with Crippen LogP contribution in [-0.2, 0) is 32.6 Å². The van der Waals surface area contributed by atoms with Crippen LogP contribution in [0.15, 0.2) is 102 Å². The fourth-order valence-electron chi connectivity index (χ4n) is 6.57. The molecule has 282 valence electrons. The van der Waals surface area contributed by atoms with Gasteiger partial charge in [0, 0.05) is 25.1 Å². The van der Waals surface area contributed by atoms with E-state index in [4.69, 9.17) is 18.9 Å². The maximum Gasteiger partial charge on any atom is 0.264 e. The van der Waals surface area contributed by atoms with E-state index in [1.165, 1.54) is 37.3 Å². The van der Waals surface area contributed by atoms with Crippen LogP contribution >= 0.6 is 0 Å². The summed E-state index contributed by atoms with van der Waals surface area (Å²) in [5, 5.41) is 3.24. The van der Waals surface area contributed by atoms with E-state index in [1.807, 2.05) is 55.5 Å². The molecule has 1 saturated carbocycles. The molecule has 0 aromatic heterocycles. The van der Waals surface area contributed by atoms with Crippen molar-refractivity contribution < 1.29 is 37.0 Å². The molecule has 0 aliphatic heterocycles. The molecule has 1 N–H and O–H groups in total. The van der Waals surface area contributed by atoms with Gasteiger partial charge in [0.2, 0.25) is 11.8 Å². The van der Waals surface area contributed by atoms with E-state index in [2.05, 4.69) is 5.32 Å². The minimum Gasteiger partial charge on any atom is -0.497 e. The van der Waals surface area contributed by atoms with Crippen LogP contribution in [0.5, 0.6) is 23.0 Å². The molecule has 0 saturated heterocycles. The molecular weight excluding hydrogens is 695 g/mol. The third-order valence-electron chi connectivity index (χ3n) is 9.37. The van der Waals surface area contributed by atoms with E-state index < -0.39 is 28.5 Å². The fraction of sp³-hybridized carbons (Fsp3) is 0.366. The smallest absolute Gasteiger partial charge is 0.264 e. The van der Waals surface area contributed by atoms with Gasteiger partial charge >= 0.3 is 0 Å². The average molecular weight is 744 g/mol. The molecule has 11 nitrogen and oxygen atoms in total. The molecule has 0 heterocycles. The Labute approximate surface area is 312 Å². The topological polar surface area (TPSA) is 124 Å². The number of hydrogen-bond acceptors (Lipinski definition) is 8. The lowest BCUT2D eigenvalue weighted by Gasteiger charge is -2.35. The number of rotatable bonds is 17. The number of nitrogens with zero attached hydrogens (tertiary/aromatic N) is 2. The number of ether oxygens (including phenoxy) is 4. The molecule has 12 heteroatoms. The molecule has 1 aliphatic carbocycles. The van der Waals surface area contributed by atoms with Gasteiger partial charge in [0.05, 0.1) is 38.5 Å². The van der Waals surface area contributed by atoms with E-state index in [1.54, 1.807) is 37.4 Å². The van der Waals surface area contributed by atoms with Gasteiger partial charge in [-0.3, -0.25) is 13.9 Å². The van der Waals surface area contributed by atoms with Gasteiger partial charge in [-0.1, -0.05) is 61.7 Å². The van der Waals surface area contributed by atoms with E-state index in [0.29, 0.717) is 23.9 Å². The average Bonchev–Trinajstić information content (AvgIpc) is 3.19. The summed E-state index contributed by atoms with van der Waals surface area (Å²) in [7, 11) is 0.0563. The van der Waals surface area contributed by atoms with Crippen LogP contribution in [0, 0.1) is 0 Å². The molecule has 0 radical (unpaired) electrons. The first-order valence-electron chi connectivity index (χ1n) is 17.9. The van der Waals surface area contributed by atoms with Crippen molar-refractivity contribution in [3.05, 3.63) is 108 Å². The van der Waals surface area contributed by atoms with Crippen molar-refractivity contribution in [1.82, 2.24) is 10.2 Å². The molecule has 1 atom stereocenters. The summed E-state index contributed by atoms with van der Waals surface area (Å²) in [5.74, 6) is 0.861. The number of carbonyl (C=O) groups excluding carboxylic acids is 2. The van der Waals surface area contributed by atoms with Crippen molar-refractivity contribution in [2.24, 2.45) is 0 Å². The zero-order valence-corrected chi connectivity index (χ0v) is 31.6. The summed E-state index contributed by atoms with van der Waals surface area (Å²) in [5.41, 5.74) is 1.82. The molecule has 1 fully saturated rings. The number of anilines is 1. The van der Waals surface area contributed by atoms with Crippen LogP contribution in [0.1, 0.15) is 50.2 Å². The van der Waals surface area contributed by atoms with Gasteiger partial charge in [-0.25, -0.2) is 8.42 Å². The molecule has 4 aromatic rings. The quantitative estimate of drug-likeness (QED) is 0.132. The molecule has 4 aromatic carbocycles. The van der Waals surface area contributed by atoms with Gasteiger partial charge in [-0.05, 0) is 79.4 Å². The lowest BCUT2D eigenvalue weighted by atomic mass is 9.94. The summed E-state index contributed by atoms with van der Waals surface area (Å²) in [6, 6.07) is 26.6. The number of hydrogen-bond donors (Lipinski definition) is 1. The van der Waals surface area contributed by atoms with Crippen LogP contribution in [0.4, 0.5) is 5.69 Å². The van der Waals surface area contributed by atoms with Crippen LogP contribution in [-0.4, -0.2) is 71.7 Å². The van der Waals surface area contributed by atoms with E-state index in [-0.39, 0.29) is 41.2 Å². The predicted octanol–water partition coefficient (Wildman–Crippen LogP) is 6.40. The summed E-state index contributed by atoms with van der Waals surface area (Å²) >= 11 is 0. The maximum absolute atomic E-state index is 14.9. The van der Waals surface area contributed by atoms with Crippen LogP contribution in [0.2, 0.25) is 0 Å². The largest absolute Gasteiger partial charge is 0.497 e. The third kappa shape index (κ3) is 10.0. The van der Waals surface area contributed by atoms with Crippen molar-refractivity contribution in [2.45, 2.75) is 69.0 Å². The van der Waals surface area contributed by atoms with Gasteiger partial charge in [-0.2, -0.15) is 0 Å². The summed E-state index contributed by atoms with van der Waals surface area (Å²) in [6.07, 6.45) is 5.11. The number of sulfonamides is 1. The van der Waals surface area contributed by atoms with Gasteiger partial charge in [-0.15, -0.1) is 0 Å². The summed E-state index contributed by atoms with van der Waals surface area (Å²) in [6.45, 7) is 1.71. The Morgan fingerprint density at radius 2 is 1.47 bits per heavy atom. The molecule has 1 aliphatic rings. The highest BCUT2D eigenvalue weighted by Gasteiger charge is 2.36. The number of methoxy groups -OCH3 is 3. The molecular formula is C41H49N3O8S. The van der Waals surface area contributed by atoms with E-state index >= 15 is 0 Å². The van der Waals surface area contributed by atoms with Crippen molar-refractivity contribution in [2.75, 3.05) is 38.8 Å². The normalized spacial score (nSPS) is 13.7. The van der Waals surface area contributed by atoms with Gasteiger partial charge < -0.3 is 29.2 Å². The molecule has 1 unspecified atom stereocenters. The zero-order chi connectivity index (χ0) is 37.8. The molecule has 53 heavy (non-hydrogen) atoms. The lowest BCUT2D eigenvalue weighted by Crippen LogP contribution is -2.55.